The summed E-state index contributed by atoms with van der Waals surface area (Å²) in [6.07, 6.45) is 22.7. The molecule has 4 N–H and O–H groups in total. The number of phenols is 4. The van der Waals surface area contributed by atoms with E-state index in [9.17, 15) is 20.4 Å². The molecule has 4 spiro atoms. The number of ether oxygens (including phenoxy) is 1. The first-order valence-electron chi connectivity index (χ1n) is 33.7. The van der Waals surface area contributed by atoms with Crippen molar-refractivity contribution < 1.29 is 25.2 Å². The van der Waals surface area contributed by atoms with Crippen LogP contribution in [-0.2, 0) is 77.8 Å². The predicted molar refractivity (Wildman–Crippen MR) is 359 cm³/mol. The Morgan fingerprint density at radius 1 is 0.341 bits per heavy atom. The van der Waals surface area contributed by atoms with Crippen LogP contribution in [0, 0.1) is 45.4 Å². The molecule has 1 saturated carbocycles. The molecule has 0 amide bonds. The Morgan fingerprint density at radius 2 is 0.568 bits per heavy atom. The monoisotopic (exact) mass is 1170 g/mol. The van der Waals surface area contributed by atoms with Crippen LogP contribution in [0.3, 0.4) is 0 Å². The number of benzene rings is 8. The molecule has 0 saturated heterocycles. The summed E-state index contributed by atoms with van der Waals surface area (Å²) in [7, 11) is 1.86. The standard InChI is InChI=1S/2C19H20.2C17H16O2.C11H22O/c2*1-13-5-3-7-15-9-11-19(17(13)15)12-10-16-8-4-6-14(2)18(16)19;2*18-13-5-1-3-11-7-9-17(15(11)13)10-8-12-4-2-6-14(19)16(12)17;1-8(2)10-6-5-9(3)7-11(10)12-4/h2*3-8H,9-12H2,1-2H3;2*1-6,18-19H,7-10H2;8-11H,5-7H2,1-4H3/t;;;;9-,10+,11-/m....1/s1. The predicted octanol–water partition coefficient (Wildman–Crippen LogP) is 18.6. The molecule has 17 rings (SSSR count). The lowest BCUT2D eigenvalue weighted by Crippen LogP contribution is -2.33. The molecular formula is C83H94O5. The number of rotatable bonds is 2. The zero-order valence-electron chi connectivity index (χ0n) is 53.8. The van der Waals surface area contributed by atoms with Gasteiger partial charge in [-0.15, -0.1) is 0 Å². The van der Waals surface area contributed by atoms with Gasteiger partial charge < -0.3 is 25.2 Å². The molecule has 0 aliphatic heterocycles. The molecule has 0 unspecified atom stereocenters. The Hall–Kier alpha value is -7.08. The molecular weight excluding hydrogens is 1080 g/mol. The van der Waals surface area contributed by atoms with E-state index in [1.54, 1.807) is 68.8 Å². The number of hydrogen-bond acceptors (Lipinski definition) is 5. The van der Waals surface area contributed by atoms with Crippen molar-refractivity contribution in [3.8, 4) is 23.0 Å². The number of methoxy groups -OCH3 is 1. The first-order chi connectivity index (χ1) is 42.5. The van der Waals surface area contributed by atoms with E-state index in [1.165, 1.54) is 115 Å². The smallest absolute Gasteiger partial charge is 0.119 e. The lowest BCUT2D eigenvalue weighted by molar-refractivity contribution is -0.00982. The fraction of sp³-hybridized carbons (Fsp3) is 0.422. The van der Waals surface area contributed by atoms with Crippen molar-refractivity contribution in [2.45, 2.75) is 198 Å². The van der Waals surface area contributed by atoms with Crippen molar-refractivity contribution >= 4 is 0 Å². The minimum Gasteiger partial charge on any atom is -0.508 e. The van der Waals surface area contributed by atoms with Crippen molar-refractivity contribution in [1.82, 2.24) is 0 Å². The third kappa shape index (κ3) is 9.91. The number of hydrogen-bond donors (Lipinski definition) is 4. The van der Waals surface area contributed by atoms with Crippen molar-refractivity contribution in [2.75, 3.05) is 7.11 Å². The van der Waals surface area contributed by atoms with Gasteiger partial charge >= 0.3 is 0 Å². The summed E-state index contributed by atoms with van der Waals surface area (Å²) in [6, 6.07) is 50.5. The fourth-order valence-corrected chi connectivity index (χ4v) is 20.0. The van der Waals surface area contributed by atoms with E-state index < -0.39 is 0 Å². The van der Waals surface area contributed by atoms with E-state index in [0.717, 1.165) is 91.4 Å². The Morgan fingerprint density at radius 3 is 0.807 bits per heavy atom. The Bertz CT molecular complexity index is 3220. The van der Waals surface area contributed by atoms with Gasteiger partial charge in [0, 0.05) is 51.0 Å². The van der Waals surface area contributed by atoms with Crippen LogP contribution in [0.25, 0.3) is 0 Å². The maximum atomic E-state index is 10.3. The highest BCUT2D eigenvalue weighted by molar-refractivity contribution is 5.65. The van der Waals surface area contributed by atoms with E-state index in [0.29, 0.717) is 39.9 Å². The molecule has 0 bridgehead atoms. The van der Waals surface area contributed by atoms with Gasteiger partial charge in [-0.3, -0.25) is 0 Å². The minimum atomic E-state index is -0.165. The van der Waals surface area contributed by atoms with Crippen LogP contribution < -0.4 is 0 Å². The van der Waals surface area contributed by atoms with Crippen LogP contribution in [0.15, 0.2) is 146 Å². The quantitative estimate of drug-likeness (QED) is 0.138. The lowest BCUT2D eigenvalue weighted by atomic mass is 9.73. The zero-order valence-corrected chi connectivity index (χ0v) is 53.8. The van der Waals surface area contributed by atoms with Gasteiger partial charge in [-0.05, 0) is 274 Å². The maximum absolute atomic E-state index is 10.3. The molecule has 8 aromatic carbocycles. The second-order valence-electron chi connectivity index (χ2n) is 28.6. The van der Waals surface area contributed by atoms with Gasteiger partial charge in [0.2, 0.25) is 0 Å². The molecule has 456 valence electrons. The van der Waals surface area contributed by atoms with Crippen LogP contribution >= 0.6 is 0 Å². The molecule has 9 aliphatic carbocycles. The number of aromatic hydroxyl groups is 4. The molecule has 0 aromatic heterocycles. The Balaban J connectivity index is 0.000000102. The second-order valence-corrected chi connectivity index (χ2v) is 28.6. The largest absolute Gasteiger partial charge is 0.508 e. The van der Waals surface area contributed by atoms with E-state index >= 15 is 0 Å². The lowest BCUT2D eigenvalue weighted by Gasteiger charge is -2.36. The third-order valence-corrected chi connectivity index (χ3v) is 23.6. The van der Waals surface area contributed by atoms with Crippen molar-refractivity contribution in [3.05, 3.63) is 257 Å². The van der Waals surface area contributed by atoms with E-state index in [-0.39, 0.29) is 10.8 Å². The molecule has 1 fully saturated rings. The van der Waals surface area contributed by atoms with E-state index in [1.807, 2.05) is 31.4 Å². The molecule has 5 nitrogen and oxygen atoms in total. The van der Waals surface area contributed by atoms with Gasteiger partial charge in [0.25, 0.3) is 0 Å². The highest BCUT2D eigenvalue weighted by Gasteiger charge is 2.51. The van der Waals surface area contributed by atoms with Crippen molar-refractivity contribution in [1.29, 1.82) is 0 Å². The SMILES string of the molecule is CO[C@@H]1C[C@H](C)CC[C@H]1C(C)C.Cc1cccc2c1C1(CC2)CCc2cccc(C)c21.Cc1cccc2c1C1(CC2)CCc2cccc(C)c21.Oc1cccc2c1C1(CC2)CCc2cccc(O)c21.Oc1cccc2c1C1(CC2)CCc2cccc(O)c21. The summed E-state index contributed by atoms with van der Waals surface area (Å²) in [6.45, 7) is 16.1. The van der Waals surface area contributed by atoms with Crippen LogP contribution in [0.5, 0.6) is 23.0 Å². The number of aryl methyl sites for hydroxylation is 12. The average Bonchev–Trinajstić information content (AvgIpc) is 1.63. The first-order valence-corrected chi connectivity index (χ1v) is 33.7. The summed E-state index contributed by atoms with van der Waals surface area (Å²) in [5, 5.41) is 41.2. The third-order valence-electron chi connectivity index (χ3n) is 23.6. The fourth-order valence-electron chi connectivity index (χ4n) is 20.0. The van der Waals surface area contributed by atoms with Gasteiger partial charge in [-0.2, -0.15) is 0 Å². The average molecular weight is 1170 g/mol. The summed E-state index contributed by atoms with van der Waals surface area (Å²) in [5.41, 5.74) is 28.4. The second kappa shape index (κ2) is 23.7. The summed E-state index contributed by atoms with van der Waals surface area (Å²) >= 11 is 0. The van der Waals surface area contributed by atoms with Gasteiger partial charge in [-0.1, -0.05) is 149 Å². The van der Waals surface area contributed by atoms with Crippen LogP contribution in [0.1, 0.15) is 203 Å². The van der Waals surface area contributed by atoms with Gasteiger partial charge in [0.1, 0.15) is 23.0 Å². The highest BCUT2D eigenvalue weighted by atomic mass is 16.5. The van der Waals surface area contributed by atoms with Gasteiger partial charge in [0.15, 0.2) is 0 Å². The van der Waals surface area contributed by atoms with Crippen molar-refractivity contribution in [3.63, 3.8) is 0 Å². The molecule has 3 atom stereocenters. The molecule has 0 heterocycles. The minimum absolute atomic E-state index is 0.165. The highest BCUT2D eigenvalue weighted by Crippen LogP contribution is 2.60. The molecule has 88 heavy (non-hydrogen) atoms. The molecule has 8 aromatic rings. The topological polar surface area (TPSA) is 90.2 Å². The number of phenolic OH excluding ortho intramolecular Hbond substituents is 4. The summed E-state index contributed by atoms with van der Waals surface area (Å²) in [4.78, 5) is 0. The Kier molecular flexibility index (Phi) is 16.1. The van der Waals surface area contributed by atoms with Crippen LogP contribution in [0.4, 0.5) is 0 Å². The van der Waals surface area contributed by atoms with Crippen molar-refractivity contribution in [2.24, 2.45) is 17.8 Å². The molecule has 0 radical (unpaired) electrons. The van der Waals surface area contributed by atoms with E-state index in [4.69, 9.17) is 4.74 Å². The Labute approximate surface area is 525 Å². The molecule has 5 heteroatoms. The van der Waals surface area contributed by atoms with Gasteiger partial charge in [0.05, 0.1) is 6.10 Å². The van der Waals surface area contributed by atoms with Gasteiger partial charge in [-0.25, -0.2) is 0 Å². The van der Waals surface area contributed by atoms with Crippen LogP contribution in [-0.4, -0.2) is 33.6 Å². The van der Waals surface area contributed by atoms with E-state index in [2.05, 4.69) is 146 Å². The summed E-state index contributed by atoms with van der Waals surface area (Å²) < 4.78 is 5.54. The molecule has 9 aliphatic rings. The zero-order chi connectivity index (χ0) is 61.3. The van der Waals surface area contributed by atoms with Crippen LogP contribution in [0.2, 0.25) is 0 Å². The number of fused-ring (bicyclic) bond motifs is 16. The normalized spacial score (nSPS) is 21.1. The summed E-state index contributed by atoms with van der Waals surface area (Å²) in [5.74, 6) is 3.97. The maximum Gasteiger partial charge on any atom is 0.119 e. The first kappa shape index (κ1) is 59.9.